The molecule has 0 atom stereocenters. The summed E-state index contributed by atoms with van der Waals surface area (Å²) in [6, 6.07) is 5.18. The van der Waals surface area contributed by atoms with Crippen LogP contribution in [0.5, 0.6) is 0 Å². The van der Waals surface area contributed by atoms with Crippen molar-refractivity contribution in [3.63, 3.8) is 0 Å². The number of nitro groups is 1. The lowest BCUT2D eigenvalue weighted by Gasteiger charge is -1.97. The first kappa shape index (κ1) is 10.4. The third-order valence-corrected chi connectivity index (χ3v) is 2.37. The maximum absolute atomic E-state index is 10.9. The average Bonchev–Trinajstić information content (AvgIpc) is 2.59. The minimum absolute atomic E-state index is 0.0596. The molecule has 1 N–H and O–H groups in total. The van der Waals surface area contributed by atoms with Crippen LogP contribution in [0.4, 0.5) is 5.69 Å². The number of nitrogens with one attached hydrogen (secondary N) is 1. The molecule has 1 aromatic heterocycles. The first-order valence-electron chi connectivity index (χ1n) is 4.82. The van der Waals surface area contributed by atoms with Gasteiger partial charge in [-0.05, 0) is 24.6 Å². The van der Waals surface area contributed by atoms with E-state index in [1.807, 2.05) is 0 Å². The van der Waals surface area contributed by atoms with Crippen LogP contribution in [0.1, 0.15) is 12.5 Å². The minimum Gasteiger partial charge on any atom is -0.355 e. The SMILES string of the molecule is CC(=O)Cc1ccc2c([N+](=O)[O-])c[nH]c2c1. The van der Waals surface area contributed by atoms with Gasteiger partial charge in [0.2, 0.25) is 0 Å². The maximum atomic E-state index is 10.9. The summed E-state index contributed by atoms with van der Waals surface area (Å²) in [5.41, 5.74) is 1.60. The van der Waals surface area contributed by atoms with Crippen LogP contribution in [0.2, 0.25) is 0 Å². The number of aromatic amines is 1. The highest BCUT2D eigenvalue weighted by Gasteiger charge is 2.13. The lowest BCUT2D eigenvalue weighted by molar-refractivity contribution is -0.383. The predicted molar refractivity (Wildman–Crippen MR) is 59.3 cm³/mol. The van der Waals surface area contributed by atoms with Crippen molar-refractivity contribution in [1.82, 2.24) is 4.98 Å². The Hall–Kier alpha value is -2.17. The normalized spacial score (nSPS) is 10.6. The molecule has 1 heterocycles. The van der Waals surface area contributed by atoms with E-state index < -0.39 is 4.92 Å². The van der Waals surface area contributed by atoms with Crippen LogP contribution in [0.3, 0.4) is 0 Å². The van der Waals surface area contributed by atoms with Crippen LogP contribution in [-0.2, 0) is 11.2 Å². The molecule has 0 amide bonds. The van der Waals surface area contributed by atoms with Gasteiger partial charge in [0.1, 0.15) is 5.78 Å². The van der Waals surface area contributed by atoms with E-state index in [9.17, 15) is 14.9 Å². The molecule has 0 aliphatic carbocycles. The number of hydrogen-bond acceptors (Lipinski definition) is 3. The van der Waals surface area contributed by atoms with Gasteiger partial charge in [0.25, 0.3) is 5.69 Å². The number of carbonyl (C=O) groups excluding carboxylic acids is 1. The van der Waals surface area contributed by atoms with Gasteiger partial charge >= 0.3 is 0 Å². The van der Waals surface area contributed by atoms with Gasteiger partial charge in [0, 0.05) is 6.42 Å². The Labute approximate surface area is 91.2 Å². The molecule has 0 radical (unpaired) electrons. The molecule has 82 valence electrons. The smallest absolute Gasteiger partial charge is 0.294 e. The fourth-order valence-electron chi connectivity index (χ4n) is 1.71. The van der Waals surface area contributed by atoms with Crippen LogP contribution in [0, 0.1) is 10.1 Å². The van der Waals surface area contributed by atoms with E-state index in [0.29, 0.717) is 17.3 Å². The highest BCUT2D eigenvalue weighted by atomic mass is 16.6. The second kappa shape index (κ2) is 3.77. The van der Waals surface area contributed by atoms with E-state index in [-0.39, 0.29) is 11.5 Å². The summed E-state index contributed by atoms with van der Waals surface area (Å²) >= 11 is 0. The zero-order valence-corrected chi connectivity index (χ0v) is 8.69. The number of aromatic nitrogens is 1. The van der Waals surface area contributed by atoms with Crippen LogP contribution in [0.25, 0.3) is 10.9 Å². The molecule has 0 aliphatic heterocycles. The van der Waals surface area contributed by atoms with Crippen LogP contribution < -0.4 is 0 Å². The van der Waals surface area contributed by atoms with Crippen LogP contribution in [-0.4, -0.2) is 15.7 Å². The molecule has 0 saturated heterocycles. The highest BCUT2D eigenvalue weighted by Crippen LogP contribution is 2.25. The second-order valence-electron chi connectivity index (χ2n) is 3.69. The van der Waals surface area contributed by atoms with Gasteiger partial charge in [0.15, 0.2) is 0 Å². The number of nitrogens with zero attached hydrogens (tertiary/aromatic N) is 1. The number of rotatable bonds is 3. The molecule has 0 saturated carbocycles. The number of fused-ring (bicyclic) bond motifs is 1. The van der Waals surface area contributed by atoms with Crippen molar-refractivity contribution in [3.8, 4) is 0 Å². The molecule has 5 nitrogen and oxygen atoms in total. The molecule has 2 rings (SSSR count). The summed E-state index contributed by atoms with van der Waals surface area (Å²) in [7, 11) is 0. The molecular formula is C11H10N2O3. The van der Waals surface area contributed by atoms with Gasteiger partial charge < -0.3 is 4.98 Å². The Morgan fingerprint density at radius 3 is 2.88 bits per heavy atom. The first-order valence-corrected chi connectivity index (χ1v) is 4.82. The van der Waals surface area contributed by atoms with Crippen molar-refractivity contribution in [3.05, 3.63) is 40.1 Å². The summed E-state index contributed by atoms with van der Waals surface area (Å²) in [4.78, 5) is 24.0. The molecule has 5 heteroatoms. The molecule has 2 aromatic rings. The summed E-state index contributed by atoms with van der Waals surface area (Å²) in [5, 5.41) is 11.2. The standard InChI is InChI=1S/C11H10N2O3/c1-7(14)4-8-2-3-9-10(5-8)12-6-11(9)13(15)16/h2-3,5-6,12H,4H2,1H3. The van der Waals surface area contributed by atoms with Gasteiger partial charge in [-0.3, -0.25) is 14.9 Å². The Kier molecular flexibility index (Phi) is 2.44. The summed E-state index contributed by atoms with van der Waals surface area (Å²) in [6.07, 6.45) is 1.71. The van der Waals surface area contributed by atoms with E-state index in [1.54, 1.807) is 18.2 Å². The quantitative estimate of drug-likeness (QED) is 0.633. The molecule has 0 aliphatic rings. The first-order chi connectivity index (χ1) is 7.58. The zero-order chi connectivity index (χ0) is 11.7. The third-order valence-electron chi connectivity index (χ3n) is 2.37. The second-order valence-corrected chi connectivity index (χ2v) is 3.69. The number of hydrogen-bond donors (Lipinski definition) is 1. The van der Waals surface area contributed by atoms with E-state index in [2.05, 4.69) is 4.98 Å². The van der Waals surface area contributed by atoms with Crippen molar-refractivity contribution in [1.29, 1.82) is 0 Å². The van der Waals surface area contributed by atoms with Gasteiger partial charge in [-0.15, -0.1) is 0 Å². The van der Waals surface area contributed by atoms with Crippen molar-refractivity contribution < 1.29 is 9.72 Å². The predicted octanol–water partition coefficient (Wildman–Crippen LogP) is 2.21. The topological polar surface area (TPSA) is 76.0 Å². The largest absolute Gasteiger partial charge is 0.355 e. The van der Waals surface area contributed by atoms with Crippen molar-refractivity contribution in [2.24, 2.45) is 0 Å². The Balaban J connectivity index is 2.49. The average molecular weight is 218 g/mol. The van der Waals surface area contributed by atoms with E-state index in [4.69, 9.17) is 0 Å². The minimum atomic E-state index is -0.427. The Morgan fingerprint density at radius 1 is 1.50 bits per heavy atom. The van der Waals surface area contributed by atoms with Crippen LogP contribution >= 0.6 is 0 Å². The fraction of sp³-hybridized carbons (Fsp3) is 0.182. The van der Waals surface area contributed by atoms with Crippen molar-refractivity contribution in [2.45, 2.75) is 13.3 Å². The summed E-state index contributed by atoms with van der Waals surface area (Å²) in [5.74, 6) is 0.0698. The van der Waals surface area contributed by atoms with E-state index >= 15 is 0 Å². The van der Waals surface area contributed by atoms with Gasteiger partial charge in [-0.2, -0.15) is 0 Å². The lowest BCUT2D eigenvalue weighted by atomic mass is 10.1. The number of ketones is 1. The van der Waals surface area contributed by atoms with Gasteiger partial charge in [-0.1, -0.05) is 6.07 Å². The number of Topliss-reactive ketones (excluding diaryl/α,β-unsaturated/α-hetero) is 1. The summed E-state index contributed by atoms with van der Waals surface area (Å²) < 4.78 is 0. The van der Waals surface area contributed by atoms with Crippen molar-refractivity contribution in [2.75, 3.05) is 0 Å². The molecule has 16 heavy (non-hydrogen) atoms. The zero-order valence-electron chi connectivity index (χ0n) is 8.69. The maximum Gasteiger partial charge on any atom is 0.294 e. The van der Waals surface area contributed by atoms with E-state index in [0.717, 1.165) is 5.56 Å². The number of carbonyl (C=O) groups is 1. The molecular weight excluding hydrogens is 208 g/mol. The molecule has 0 bridgehead atoms. The molecule has 0 spiro atoms. The molecule has 1 aromatic carbocycles. The van der Waals surface area contributed by atoms with Gasteiger partial charge in [-0.25, -0.2) is 0 Å². The Bertz CT molecular complexity index is 572. The molecule has 0 fully saturated rings. The van der Waals surface area contributed by atoms with E-state index in [1.165, 1.54) is 13.1 Å². The Morgan fingerprint density at radius 2 is 2.25 bits per heavy atom. The lowest BCUT2D eigenvalue weighted by Crippen LogP contribution is -1.95. The fourth-order valence-corrected chi connectivity index (χ4v) is 1.71. The van der Waals surface area contributed by atoms with Crippen LogP contribution in [0.15, 0.2) is 24.4 Å². The number of H-pyrrole nitrogens is 1. The van der Waals surface area contributed by atoms with Gasteiger partial charge in [0.05, 0.1) is 22.0 Å². The third kappa shape index (κ3) is 1.79. The monoisotopic (exact) mass is 218 g/mol. The summed E-state index contributed by atoms with van der Waals surface area (Å²) in [6.45, 7) is 1.52. The number of benzene rings is 1. The molecule has 0 unspecified atom stereocenters. The van der Waals surface area contributed by atoms with Crippen molar-refractivity contribution >= 4 is 22.4 Å². The highest BCUT2D eigenvalue weighted by molar-refractivity contribution is 5.90.